The average molecular weight is 425 g/mol. The number of ether oxygens (including phenoxy) is 2. The Labute approximate surface area is 184 Å². The molecule has 1 aliphatic rings. The van der Waals surface area contributed by atoms with Crippen LogP contribution in [0.1, 0.15) is 29.5 Å². The number of carbonyl (C=O) groups excluding carboxylic acids is 1. The molecule has 1 aliphatic heterocycles. The molecule has 31 heavy (non-hydrogen) atoms. The van der Waals surface area contributed by atoms with Crippen molar-refractivity contribution in [1.82, 2.24) is 15.1 Å². The van der Waals surface area contributed by atoms with E-state index in [-0.39, 0.29) is 5.91 Å². The van der Waals surface area contributed by atoms with Gasteiger partial charge in [0, 0.05) is 58.3 Å². The topological polar surface area (TPSA) is 66.4 Å². The zero-order valence-corrected chi connectivity index (χ0v) is 18.9. The predicted molar refractivity (Wildman–Crippen MR) is 122 cm³/mol. The lowest BCUT2D eigenvalue weighted by molar-refractivity contribution is -0.128. The number of hydrogen-bond donors (Lipinski definition) is 1. The Morgan fingerprint density at radius 3 is 2.48 bits per heavy atom. The molecule has 1 heterocycles. The van der Waals surface area contributed by atoms with Gasteiger partial charge >= 0.3 is 0 Å². The molecule has 7 heteroatoms. The van der Waals surface area contributed by atoms with E-state index in [1.54, 1.807) is 21.3 Å². The van der Waals surface area contributed by atoms with Gasteiger partial charge in [0.15, 0.2) is 5.96 Å². The van der Waals surface area contributed by atoms with Gasteiger partial charge < -0.3 is 24.6 Å². The SMILES string of the molecule is CN=C(NCc1ccc(CN2CCCC2=O)cc1)N(C)Cc1ccc(OC)cc1OC. The van der Waals surface area contributed by atoms with Crippen molar-refractivity contribution in [1.29, 1.82) is 0 Å². The maximum absolute atomic E-state index is 11.8. The van der Waals surface area contributed by atoms with E-state index < -0.39 is 0 Å². The largest absolute Gasteiger partial charge is 0.497 e. The van der Waals surface area contributed by atoms with Gasteiger partial charge in [-0.15, -0.1) is 0 Å². The molecule has 0 aliphatic carbocycles. The van der Waals surface area contributed by atoms with Gasteiger partial charge in [0.25, 0.3) is 0 Å². The summed E-state index contributed by atoms with van der Waals surface area (Å²) in [6.45, 7) is 2.87. The molecule has 0 unspecified atom stereocenters. The first-order valence-electron chi connectivity index (χ1n) is 10.5. The summed E-state index contributed by atoms with van der Waals surface area (Å²) in [4.78, 5) is 20.2. The summed E-state index contributed by atoms with van der Waals surface area (Å²) in [5.41, 5.74) is 3.37. The van der Waals surface area contributed by atoms with E-state index in [4.69, 9.17) is 9.47 Å². The summed E-state index contributed by atoms with van der Waals surface area (Å²) < 4.78 is 10.8. The van der Waals surface area contributed by atoms with Crippen LogP contribution in [0.25, 0.3) is 0 Å². The van der Waals surface area contributed by atoms with Crippen LogP contribution in [-0.4, -0.2) is 56.5 Å². The molecule has 7 nitrogen and oxygen atoms in total. The van der Waals surface area contributed by atoms with Gasteiger partial charge in [-0.05, 0) is 29.7 Å². The smallest absolute Gasteiger partial charge is 0.222 e. The maximum atomic E-state index is 11.8. The van der Waals surface area contributed by atoms with Crippen LogP contribution in [0.5, 0.6) is 11.5 Å². The second-order valence-corrected chi connectivity index (χ2v) is 7.67. The lowest BCUT2D eigenvalue weighted by atomic mass is 10.1. The van der Waals surface area contributed by atoms with Crippen molar-refractivity contribution in [2.24, 2.45) is 4.99 Å². The van der Waals surface area contributed by atoms with Crippen LogP contribution in [-0.2, 0) is 24.4 Å². The molecule has 1 amide bonds. The number of methoxy groups -OCH3 is 2. The molecule has 0 saturated carbocycles. The van der Waals surface area contributed by atoms with Crippen molar-refractivity contribution in [2.75, 3.05) is 34.9 Å². The molecule has 0 spiro atoms. The van der Waals surface area contributed by atoms with Gasteiger partial charge in [-0.2, -0.15) is 0 Å². The average Bonchev–Trinajstić information content (AvgIpc) is 3.19. The number of carbonyl (C=O) groups is 1. The number of guanidine groups is 1. The number of nitrogens with one attached hydrogen (secondary N) is 1. The molecule has 0 radical (unpaired) electrons. The first kappa shape index (κ1) is 22.5. The van der Waals surface area contributed by atoms with Gasteiger partial charge in [0.2, 0.25) is 5.91 Å². The van der Waals surface area contributed by atoms with Crippen molar-refractivity contribution in [3.05, 3.63) is 59.2 Å². The number of rotatable bonds is 8. The Morgan fingerprint density at radius 1 is 1.13 bits per heavy atom. The summed E-state index contributed by atoms with van der Waals surface area (Å²) in [5, 5.41) is 3.41. The number of aliphatic imine (C=N–C) groups is 1. The van der Waals surface area contributed by atoms with Crippen molar-refractivity contribution >= 4 is 11.9 Å². The normalized spacial score (nSPS) is 14.0. The maximum Gasteiger partial charge on any atom is 0.222 e. The van der Waals surface area contributed by atoms with E-state index in [9.17, 15) is 4.79 Å². The highest BCUT2D eigenvalue weighted by Crippen LogP contribution is 2.25. The molecule has 2 aromatic rings. The first-order chi connectivity index (χ1) is 15.0. The first-order valence-corrected chi connectivity index (χ1v) is 10.5. The summed E-state index contributed by atoms with van der Waals surface area (Å²) in [7, 11) is 7.08. The summed E-state index contributed by atoms with van der Waals surface area (Å²) >= 11 is 0. The fourth-order valence-corrected chi connectivity index (χ4v) is 3.73. The van der Waals surface area contributed by atoms with E-state index in [1.807, 2.05) is 30.1 Å². The lowest BCUT2D eigenvalue weighted by Gasteiger charge is -2.23. The Hall–Kier alpha value is -3.22. The Bertz CT molecular complexity index is 912. The molecule has 1 saturated heterocycles. The third kappa shape index (κ3) is 5.90. The Morgan fingerprint density at radius 2 is 1.87 bits per heavy atom. The molecular weight excluding hydrogens is 392 g/mol. The van der Waals surface area contributed by atoms with Crippen LogP contribution >= 0.6 is 0 Å². The van der Waals surface area contributed by atoms with Gasteiger partial charge in [0.05, 0.1) is 14.2 Å². The van der Waals surface area contributed by atoms with Gasteiger partial charge in [-0.25, -0.2) is 0 Å². The fraction of sp³-hybridized carbons (Fsp3) is 0.417. The highest BCUT2D eigenvalue weighted by Gasteiger charge is 2.19. The Kier molecular flexibility index (Phi) is 7.76. The molecule has 3 rings (SSSR count). The summed E-state index contributed by atoms with van der Waals surface area (Å²) in [6.07, 6.45) is 1.65. The second-order valence-electron chi connectivity index (χ2n) is 7.67. The molecule has 1 N–H and O–H groups in total. The van der Waals surface area contributed by atoms with Crippen LogP contribution in [0.4, 0.5) is 0 Å². The minimum absolute atomic E-state index is 0.256. The van der Waals surface area contributed by atoms with Gasteiger partial charge in [-0.1, -0.05) is 24.3 Å². The van der Waals surface area contributed by atoms with E-state index in [2.05, 4.69) is 39.5 Å². The standard InChI is InChI=1S/C24H32N4O3/c1-25-24(27(2)17-20-11-12-21(30-3)14-22(20)31-4)26-15-18-7-9-19(10-8-18)16-28-13-5-6-23(28)29/h7-12,14H,5-6,13,15-17H2,1-4H3,(H,25,26). The monoisotopic (exact) mass is 424 g/mol. The molecule has 2 aromatic carbocycles. The second kappa shape index (κ2) is 10.7. The third-order valence-electron chi connectivity index (χ3n) is 5.49. The van der Waals surface area contributed by atoms with E-state index in [1.165, 1.54) is 0 Å². The molecule has 0 bridgehead atoms. The summed E-state index contributed by atoms with van der Waals surface area (Å²) in [5.74, 6) is 2.60. The zero-order chi connectivity index (χ0) is 22.2. The number of amides is 1. The molecule has 1 fully saturated rings. The van der Waals surface area contributed by atoms with Crippen LogP contribution in [0.3, 0.4) is 0 Å². The fourth-order valence-electron chi connectivity index (χ4n) is 3.73. The highest BCUT2D eigenvalue weighted by molar-refractivity contribution is 5.79. The Balaban J connectivity index is 1.55. The van der Waals surface area contributed by atoms with Crippen LogP contribution in [0.15, 0.2) is 47.5 Å². The molecule has 0 aromatic heterocycles. The van der Waals surface area contributed by atoms with Crippen molar-refractivity contribution in [3.8, 4) is 11.5 Å². The van der Waals surface area contributed by atoms with Crippen molar-refractivity contribution in [3.63, 3.8) is 0 Å². The van der Waals surface area contributed by atoms with E-state index in [0.29, 0.717) is 26.1 Å². The number of hydrogen-bond acceptors (Lipinski definition) is 4. The van der Waals surface area contributed by atoms with Gasteiger partial charge in [-0.3, -0.25) is 9.79 Å². The van der Waals surface area contributed by atoms with E-state index >= 15 is 0 Å². The number of benzene rings is 2. The van der Waals surface area contributed by atoms with Crippen LogP contribution in [0, 0.1) is 0 Å². The molecule has 0 atom stereocenters. The quantitative estimate of drug-likeness (QED) is 0.521. The molecular formula is C24H32N4O3. The zero-order valence-electron chi connectivity index (χ0n) is 18.9. The lowest BCUT2D eigenvalue weighted by Crippen LogP contribution is -2.38. The number of likely N-dealkylation sites (tertiary alicyclic amines) is 1. The van der Waals surface area contributed by atoms with Crippen molar-refractivity contribution in [2.45, 2.75) is 32.5 Å². The minimum atomic E-state index is 0.256. The van der Waals surface area contributed by atoms with Crippen LogP contribution in [0.2, 0.25) is 0 Å². The molecule has 166 valence electrons. The predicted octanol–water partition coefficient (Wildman–Crippen LogP) is 3.03. The highest BCUT2D eigenvalue weighted by atomic mass is 16.5. The third-order valence-corrected chi connectivity index (χ3v) is 5.49. The number of nitrogens with zero attached hydrogens (tertiary/aromatic N) is 3. The van der Waals surface area contributed by atoms with Crippen LogP contribution < -0.4 is 14.8 Å². The van der Waals surface area contributed by atoms with Crippen molar-refractivity contribution < 1.29 is 14.3 Å². The van der Waals surface area contributed by atoms with Gasteiger partial charge in [0.1, 0.15) is 11.5 Å². The summed E-state index contributed by atoms with van der Waals surface area (Å²) in [6, 6.07) is 14.2. The minimum Gasteiger partial charge on any atom is -0.497 e. The van der Waals surface area contributed by atoms with E-state index in [0.717, 1.165) is 47.1 Å².